The molecule has 0 heterocycles. The minimum atomic E-state index is -0.825. The Morgan fingerprint density at radius 2 is 0.494 bits per heavy atom. The second-order valence-corrected chi connectivity index (χ2v) is 23.1. The minimum Gasteiger partial charge on any atom is -0.462 e. The van der Waals surface area contributed by atoms with Crippen LogP contribution in [0.4, 0.5) is 0 Å². The highest BCUT2D eigenvalue weighted by molar-refractivity contribution is 5.71. The van der Waals surface area contributed by atoms with Crippen LogP contribution in [0.15, 0.2) is 122 Å². The summed E-state index contributed by atoms with van der Waals surface area (Å²) < 4.78 is 16.9. The van der Waals surface area contributed by atoms with Crippen molar-refractivity contribution in [3.63, 3.8) is 0 Å². The molecule has 0 amide bonds. The number of rotatable bonds is 63. The molecule has 0 spiro atoms. The van der Waals surface area contributed by atoms with Crippen LogP contribution in [0, 0.1) is 0 Å². The highest BCUT2D eigenvalue weighted by Crippen LogP contribution is 2.17. The number of carbonyl (C=O) groups excluding carboxylic acids is 3. The third-order valence-corrected chi connectivity index (χ3v) is 14.9. The zero-order chi connectivity index (χ0) is 59.9. The van der Waals surface area contributed by atoms with E-state index < -0.39 is 12.1 Å². The molecule has 0 saturated carbocycles. The Hall–Kier alpha value is -4.19. The number of carbonyl (C=O) groups is 3. The van der Waals surface area contributed by atoms with Crippen LogP contribution in [0.25, 0.3) is 0 Å². The summed E-state index contributed by atoms with van der Waals surface area (Å²) in [6, 6.07) is 0. The fraction of sp³-hybridized carbons (Fsp3) is 0.701. The van der Waals surface area contributed by atoms with Crippen molar-refractivity contribution in [2.75, 3.05) is 13.2 Å². The van der Waals surface area contributed by atoms with Gasteiger partial charge in [-0.3, -0.25) is 14.4 Å². The smallest absolute Gasteiger partial charge is 0.306 e. The summed E-state index contributed by atoms with van der Waals surface area (Å²) >= 11 is 0. The van der Waals surface area contributed by atoms with Crippen LogP contribution >= 0.6 is 0 Å². The van der Waals surface area contributed by atoms with E-state index in [9.17, 15) is 14.4 Å². The summed E-state index contributed by atoms with van der Waals surface area (Å²) in [4.78, 5) is 38.3. The summed E-state index contributed by atoms with van der Waals surface area (Å²) in [5, 5.41) is 0. The van der Waals surface area contributed by atoms with Crippen molar-refractivity contribution in [1.29, 1.82) is 0 Å². The summed E-state index contributed by atoms with van der Waals surface area (Å²) in [5.41, 5.74) is 0. The first-order valence-corrected chi connectivity index (χ1v) is 35.0. The van der Waals surface area contributed by atoms with Crippen LogP contribution in [-0.4, -0.2) is 37.2 Å². The monoisotopic (exact) mass is 1150 g/mol. The van der Waals surface area contributed by atoms with Crippen LogP contribution in [0.1, 0.15) is 329 Å². The van der Waals surface area contributed by atoms with Gasteiger partial charge in [0, 0.05) is 19.3 Å². The van der Waals surface area contributed by atoms with E-state index in [1.807, 2.05) is 6.08 Å². The fourth-order valence-corrected chi connectivity index (χ4v) is 9.71. The van der Waals surface area contributed by atoms with Crippen molar-refractivity contribution < 1.29 is 28.6 Å². The average Bonchev–Trinajstić information content (AvgIpc) is 3.49. The molecule has 0 saturated heterocycles. The average molecular weight is 1150 g/mol. The van der Waals surface area contributed by atoms with Gasteiger partial charge in [-0.15, -0.1) is 0 Å². The third kappa shape index (κ3) is 68.5. The van der Waals surface area contributed by atoms with E-state index >= 15 is 0 Å². The Morgan fingerprint density at radius 3 is 0.807 bits per heavy atom. The van der Waals surface area contributed by atoms with Crippen molar-refractivity contribution in [2.45, 2.75) is 335 Å². The molecule has 0 aromatic rings. The molecule has 0 aromatic heterocycles. The van der Waals surface area contributed by atoms with Gasteiger partial charge in [0.25, 0.3) is 0 Å². The summed E-state index contributed by atoms with van der Waals surface area (Å²) in [6.07, 6.45) is 98.2. The van der Waals surface area contributed by atoms with Crippen LogP contribution in [0.5, 0.6) is 0 Å². The molecule has 0 rings (SSSR count). The topological polar surface area (TPSA) is 78.9 Å². The van der Waals surface area contributed by atoms with Gasteiger partial charge >= 0.3 is 17.9 Å². The molecule has 0 aromatic carbocycles. The molecule has 474 valence electrons. The number of hydrogen-bond donors (Lipinski definition) is 0. The Bertz CT molecular complexity index is 1700. The van der Waals surface area contributed by atoms with E-state index in [-0.39, 0.29) is 31.6 Å². The molecule has 1 unspecified atom stereocenters. The Kier molecular flexibility index (Phi) is 66.7. The molecule has 0 aliphatic heterocycles. The second-order valence-electron chi connectivity index (χ2n) is 23.1. The van der Waals surface area contributed by atoms with E-state index in [4.69, 9.17) is 14.2 Å². The largest absolute Gasteiger partial charge is 0.462 e. The normalized spacial score (nSPS) is 12.9. The predicted octanol–water partition coefficient (Wildman–Crippen LogP) is 24.3. The highest BCUT2D eigenvalue weighted by Gasteiger charge is 2.19. The van der Waals surface area contributed by atoms with Gasteiger partial charge in [0.15, 0.2) is 6.10 Å². The van der Waals surface area contributed by atoms with Gasteiger partial charge in [-0.1, -0.05) is 309 Å². The second kappa shape index (κ2) is 70.3. The first-order valence-electron chi connectivity index (χ1n) is 35.0. The van der Waals surface area contributed by atoms with E-state index in [0.29, 0.717) is 19.3 Å². The Balaban J connectivity index is 4.26. The van der Waals surface area contributed by atoms with Gasteiger partial charge in [0.2, 0.25) is 0 Å². The van der Waals surface area contributed by atoms with Crippen LogP contribution in [0.2, 0.25) is 0 Å². The SMILES string of the molecule is CC/C=C\C/C=C\C/C=C\C/C=C\C/C=C\C/C=C\CCC(=O)OC(COC(=O)CCCCCCC/C=C\CCCCCC)COC(=O)CCCCCCCCCCCCCCCCCCCC/C=C\C/C=C\C/C=C\CCCCCCC. The number of hydrogen-bond acceptors (Lipinski definition) is 6. The number of esters is 3. The zero-order valence-corrected chi connectivity index (χ0v) is 54.4. The molecule has 0 fully saturated rings. The molecule has 83 heavy (non-hydrogen) atoms. The highest BCUT2D eigenvalue weighted by atomic mass is 16.6. The Morgan fingerprint density at radius 1 is 0.253 bits per heavy atom. The van der Waals surface area contributed by atoms with Crippen LogP contribution < -0.4 is 0 Å². The lowest BCUT2D eigenvalue weighted by molar-refractivity contribution is -0.166. The van der Waals surface area contributed by atoms with Gasteiger partial charge in [-0.05, 0) is 122 Å². The van der Waals surface area contributed by atoms with E-state index in [1.54, 1.807) is 0 Å². The van der Waals surface area contributed by atoms with Gasteiger partial charge in [0.05, 0.1) is 0 Å². The fourth-order valence-electron chi connectivity index (χ4n) is 9.71. The maximum atomic E-state index is 12.9. The Labute approximate surface area is 513 Å². The number of allylic oxidation sites excluding steroid dienone is 20. The zero-order valence-electron chi connectivity index (χ0n) is 54.4. The molecule has 0 radical (unpaired) electrons. The van der Waals surface area contributed by atoms with Crippen LogP contribution in [-0.2, 0) is 28.6 Å². The molecule has 0 N–H and O–H groups in total. The minimum absolute atomic E-state index is 0.111. The van der Waals surface area contributed by atoms with Gasteiger partial charge < -0.3 is 14.2 Å². The first-order chi connectivity index (χ1) is 41.0. The molecule has 6 heteroatoms. The number of ether oxygens (including phenoxy) is 3. The number of unbranched alkanes of at least 4 members (excludes halogenated alkanes) is 32. The molecule has 0 aliphatic rings. The summed E-state index contributed by atoms with van der Waals surface area (Å²) in [5.74, 6) is -0.996. The lowest BCUT2D eigenvalue weighted by Gasteiger charge is -2.18. The standard InChI is InChI=1S/C77H130O6/c1-4-7-10-13-16-19-22-25-27-29-31-32-33-34-35-36-37-38-39-40-41-42-43-44-46-47-49-52-55-58-61-64-67-70-76(79)82-73-74(72-81-75(78)69-66-63-60-57-54-51-24-21-18-15-12-9-6-3)83-77(80)71-68-65-62-59-56-53-50-48-45-30-28-26-23-20-17-14-11-8-5-2/h8,11,17,20-22,24-26,28-29,31,33-34,45,48,53,56,62,65,74H,4-7,9-10,12-16,18-19,23,27,30,32,35-44,46-47,49-52,54-55,57-61,63-64,66-73H2,1-3H3/b11-8-,20-17-,24-21-,25-22-,28-26-,31-29-,34-33-,48-45-,56-53-,65-62-. The lowest BCUT2D eigenvalue weighted by Crippen LogP contribution is -2.30. The van der Waals surface area contributed by atoms with E-state index in [1.165, 1.54) is 180 Å². The van der Waals surface area contributed by atoms with E-state index in [2.05, 4.69) is 136 Å². The van der Waals surface area contributed by atoms with Crippen molar-refractivity contribution >= 4 is 17.9 Å². The molecule has 1 atom stereocenters. The van der Waals surface area contributed by atoms with Crippen molar-refractivity contribution in [2.24, 2.45) is 0 Å². The van der Waals surface area contributed by atoms with Crippen molar-refractivity contribution in [3.8, 4) is 0 Å². The first kappa shape index (κ1) is 78.8. The summed E-state index contributed by atoms with van der Waals surface area (Å²) in [7, 11) is 0. The van der Waals surface area contributed by atoms with E-state index in [0.717, 1.165) is 103 Å². The van der Waals surface area contributed by atoms with Crippen molar-refractivity contribution in [3.05, 3.63) is 122 Å². The maximum absolute atomic E-state index is 12.9. The van der Waals surface area contributed by atoms with Gasteiger partial charge in [-0.25, -0.2) is 0 Å². The molecular formula is C77H130O6. The summed E-state index contributed by atoms with van der Waals surface area (Å²) in [6.45, 7) is 6.45. The van der Waals surface area contributed by atoms with Gasteiger partial charge in [0.1, 0.15) is 13.2 Å². The molecule has 0 bridgehead atoms. The predicted molar refractivity (Wildman–Crippen MR) is 362 cm³/mol. The van der Waals surface area contributed by atoms with Crippen molar-refractivity contribution in [1.82, 2.24) is 0 Å². The third-order valence-electron chi connectivity index (χ3n) is 14.9. The van der Waals surface area contributed by atoms with Gasteiger partial charge in [-0.2, -0.15) is 0 Å². The quantitative estimate of drug-likeness (QED) is 0.0261. The lowest BCUT2D eigenvalue weighted by atomic mass is 10.0. The van der Waals surface area contributed by atoms with Crippen LogP contribution in [0.3, 0.4) is 0 Å². The maximum Gasteiger partial charge on any atom is 0.306 e. The molecule has 6 nitrogen and oxygen atoms in total. The molecule has 0 aliphatic carbocycles. The molecular weight excluding hydrogens is 1020 g/mol.